The molecular formula is C15H10ClF3N2S. The van der Waals surface area contributed by atoms with E-state index in [1.807, 2.05) is 5.38 Å². The summed E-state index contributed by atoms with van der Waals surface area (Å²) in [6.07, 6.45) is -5.34. The van der Waals surface area contributed by atoms with Gasteiger partial charge in [-0.05, 0) is 35.7 Å². The molecule has 0 amide bonds. The number of alkyl halides is 3. The molecule has 0 saturated carbocycles. The molecule has 0 aliphatic carbocycles. The van der Waals surface area contributed by atoms with Crippen molar-refractivity contribution in [1.82, 2.24) is 9.97 Å². The maximum atomic E-state index is 12.8. The third kappa shape index (κ3) is 3.34. The van der Waals surface area contributed by atoms with Gasteiger partial charge in [0.2, 0.25) is 0 Å². The summed E-state index contributed by atoms with van der Waals surface area (Å²) in [6.45, 7) is 0. The second-order valence-electron chi connectivity index (χ2n) is 4.72. The van der Waals surface area contributed by atoms with Crippen LogP contribution in [-0.4, -0.2) is 16.1 Å². The molecule has 0 aliphatic rings. The van der Waals surface area contributed by atoms with Crippen molar-refractivity contribution in [3.63, 3.8) is 0 Å². The highest BCUT2D eigenvalue weighted by molar-refractivity contribution is 7.08. The molecule has 7 heteroatoms. The minimum atomic E-state index is -4.30. The van der Waals surface area contributed by atoms with Crippen LogP contribution in [0.15, 0.2) is 41.1 Å². The third-order valence-electron chi connectivity index (χ3n) is 3.07. The molecule has 0 atom stereocenters. The molecule has 22 heavy (non-hydrogen) atoms. The predicted molar refractivity (Wildman–Crippen MR) is 82.1 cm³/mol. The molecule has 2 heterocycles. The van der Waals surface area contributed by atoms with E-state index in [2.05, 4.69) is 9.97 Å². The molecule has 3 rings (SSSR count). The van der Waals surface area contributed by atoms with E-state index in [0.717, 1.165) is 0 Å². The highest BCUT2D eigenvalue weighted by Gasteiger charge is 2.31. The van der Waals surface area contributed by atoms with Crippen LogP contribution in [0.3, 0.4) is 0 Å². The van der Waals surface area contributed by atoms with Gasteiger partial charge in [0.05, 0.1) is 17.8 Å². The van der Waals surface area contributed by atoms with Crippen molar-refractivity contribution in [2.45, 2.75) is 12.6 Å². The minimum Gasteiger partial charge on any atom is -0.341 e. The molecule has 2 nitrogen and oxygen atoms in total. The van der Waals surface area contributed by atoms with Gasteiger partial charge in [0.1, 0.15) is 5.82 Å². The molecule has 1 N–H and O–H groups in total. The highest BCUT2D eigenvalue weighted by atomic mass is 35.5. The lowest BCUT2D eigenvalue weighted by molar-refractivity contribution is -0.127. The highest BCUT2D eigenvalue weighted by Crippen LogP contribution is 2.32. The van der Waals surface area contributed by atoms with Crippen LogP contribution in [-0.2, 0) is 6.42 Å². The van der Waals surface area contributed by atoms with E-state index in [4.69, 9.17) is 11.6 Å². The third-order valence-corrected chi connectivity index (χ3v) is 4.00. The Morgan fingerprint density at radius 1 is 1.09 bits per heavy atom. The lowest BCUT2D eigenvalue weighted by Crippen LogP contribution is -2.12. The summed E-state index contributed by atoms with van der Waals surface area (Å²) in [7, 11) is 0. The summed E-state index contributed by atoms with van der Waals surface area (Å²) < 4.78 is 38.3. The number of thiophene rings is 1. The van der Waals surface area contributed by atoms with Gasteiger partial charge in [-0.3, -0.25) is 0 Å². The van der Waals surface area contributed by atoms with Crippen LogP contribution in [0, 0.1) is 0 Å². The second kappa shape index (κ2) is 5.78. The Labute approximate surface area is 133 Å². The molecule has 0 bridgehead atoms. The SMILES string of the molecule is FC(F)(F)Cc1[nH]c(-c2ccc(Cl)cc2)nc1-c1ccsc1. The number of imidazole rings is 1. The van der Waals surface area contributed by atoms with Crippen molar-refractivity contribution >= 4 is 22.9 Å². The number of aromatic amines is 1. The fraction of sp³-hybridized carbons (Fsp3) is 0.133. The first-order chi connectivity index (χ1) is 10.4. The zero-order valence-electron chi connectivity index (χ0n) is 11.1. The van der Waals surface area contributed by atoms with Crippen LogP contribution in [0.5, 0.6) is 0 Å². The van der Waals surface area contributed by atoms with E-state index in [1.165, 1.54) is 11.3 Å². The van der Waals surface area contributed by atoms with Crippen LogP contribution in [0.4, 0.5) is 13.2 Å². The van der Waals surface area contributed by atoms with Crippen LogP contribution >= 0.6 is 22.9 Å². The number of nitrogens with zero attached hydrogens (tertiary/aromatic N) is 1. The van der Waals surface area contributed by atoms with Crippen LogP contribution in [0.2, 0.25) is 5.02 Å². The maximum absolute atomic E-state index is 12.8. The number of benzene rings is 1. The Hall–Kier alpha value is -1.79. The number of nitrogens with one attached hydrogen (secondary N) is 1. The molecule has 2 aromatic heterocycles. The fourth-order valence-electron chi connectivity index (χ4n) is 2.12. The predicted octanol–water partition coefficient (Wildman–Crippen LogP) is 5.56. The van der Waals surface area contributed by atoms with E-state index < -0.39 is 12.6 Å². The number of hydrogen-bond donors (Lipinski definition) is 1. The van der Waals surface area contributed by atoms with Crippen molar-refractivity contribution in [3.8, 4) is 22.6 Å². The Morgan fingerprint density at radius 3 is 2.41 bits per heavy atom. The molecule has 0 saturated heterocycles. The van der Waals surface area contributed by atoms with Gasteiger partial charge in [0, 0.05) is 21.5 Å². The Bertz CT molecular complexity index is 761. The Kier molecular flexibility index (Phi) is 3.97. The molecular weight excluding hydrogens is 333 g/mol. The molecule has 0 spiro atoms. The summed E-state index contributed by atoms with van der Waals surface area (Å²) in [5, 5.41) is 4.15. The zero-order valence-corrected chi connectivity index (χ0v) is 12.7. The van der Waals surface area contributed by atoms with Crippen LogP contribution in [0.1, 0.15) is 5.69 Å². The molecule has 0 fully saturated rings. The van der Waals surface area contributed by atoms with Crippen molar-refractivity contribution in [2.75, 3.05) is 0 Å². The molecule has 0 radical (unpaired) electrons. The molecule has 3 aromatic rings. The van der Waals surface area contributed by atoms with Crippen LogP contribution in [0.25, 0.3) is 22.6 Å². The van der Waals surface area contributed by atoms with Gasteiger partial charge < -0.3 is 4.98 Å². The topological polar surface area (TPSA) is 28.7 Å². The standard InChI is InChI=1S/C15H10ClF3N2S/c16-11-3-1-9(2-4-11)14-20-12(7-15(17,18)19)13(21-14)10-5-6-22-8-10/h1-6,8H,7H2,(H,20,21). The Balaban J connectivity index is 2.06. The smallest absolute Gasteiger partial charge is 0.341 e. The number of H-pyrrole nitrogens is 1. The summed E-state index contributed by atoms with van der Waals surface area (Å²) >= 11 is 7.24. The van der Waals surface area contributed by atoms with E-state index in [1.54, 1.807) is 35.7 Å². The van der Waals surface area contributed by atoms with Gasteiger partial charge in [-0.25, -0.2) is 4.98 Å². The van der Waals surface area contributed by atoms with Gasteiger partial charge in [-0.1, -0.05) is 11.6 Å². The first-order valence-electron chi connectivity index (χ1n) is 6.36. The van der Waals surface area contributed by atoms with Gasteiger partial charge in [-0.2, -0.15) is 24.5 Å². The monoisotopic (exact) mass is 342 g/mol. The van der Waals surface area contributed by atoms with Crippen LogP contribution < -0.4 is 0 Å². The first-order valence-corrected chi connectivity index (χ1v) is 7.68. The van der Waals surface area contributed by atoms with E-state index in [9.17, 15) is 13.2 Å². The van der Waals surface area contributed by atoms with E-state index in [0.29, 0.717) is 27.7 Å². The summed E-state index contributed by atoms with van der Waals surface area (Å²) in [4.78, 5) is 7.14. The second-order valence-corrected chi connectivity index (χ2v) is 5.94. The summed E-state index contributed by atoms with van der Waals surface area (Å²) in [5.41, 5.74) is 1.77. The zero-order chi connectivity index (χ0) is 15.7. The number of hydrogen-bond acceptors (Lipinski definition) is 2. The van der Waals surface area contributed by atoms with E-state index in [-0.39, 0.29) is 5.69 Å². The fourth-order valence-corrected chi connectivity index (χ4v) is 2.89. The number of rotatable bonds is 3. The average molecular weight is 343 g/mol. The van der Waals surface area contributed by atoms with Gasteiger partial charge in [-0.15, -0.1) is 0 Å². The quantitative estimate of drug-likeness (QED) is 0.663. The van der Waals surface area contributed by atoms with Gasteiger partial charge >= 0.3 is 6.18 Å². The Morgan fingerprint density at radius 2 is 1.82 bits per heavy atom. The summed E-state index contributed by atoms with van der Waals surface area (Å²) in [6, 6.07) is 8.54. The molecule has 1 aromatic carbocycles. The maximum Gasteiger partial charge on any atom is 0.394 e. The molecule has 0 unspecified atom stereocenters. The van der Waals surface area contributed by atoms with Crippen molar-refractivity contribution in [3.05, 3.63) is 51.8 Å². The van der Waals surface area contributed by atoms with E-state index >= 15 is 0 Å². The number of halogens is 4. The largest absolute Gasteiger partial charge is 0.394 e. The first kappa shape index (κ1) is 15.1. The normalized spacial score (nSPS) is 11.8. The lowest BCUT2D eigenvalue weighted by Gasteiger charge is -2.05. The number of aromatic nitrogens is 2. The average Bonchev–Trinajstić information content (AvgIpc) is 3.06. The van der Waals surface area contributed by atoms with Gasteiger partial charge in [0.15, 0.2) is 0 Å². The van der Waals surface area contributed by atoms with Gasteiger partial charge in [0.25, 0.3) is 0 Å². The lowest BCUT2D eigenvalue weighted by atomic mass is 10.1. The van der Waals surface area contributed by atoms with Crippen molar-refractivity contribution < 1.29 is 13.2 Å². The summed E-state index contributed by atoms with van der Waals surface area (Å²) in [5.74, 6) is 0.400. The minimum absolute atomic E-state index is 0.0656. The molecule has 0 aliphatic heterocycles. The van der Waals surface area contributed by atoms with Crippen molar-refractivity contribution in [1.29, 1.82) is 0 Å². The van der Waals surface area contributed by atoms with Crippen molar-refractivity contribution in [2.24, 2.45) is 0 Å². The molecule has 114 valence electrons.